The molecule has 1 aromatic carbocycles. The van der Waals surface area contributed by atoms with Gasteiger partial charge >= 0.3 is 6.01 Å². The number of allylic oxidation sites excluding steroid dienone is 1. The summed E-state index contributed by atoms with van der Waals surface area (Å²) in [5, 5.41) is 9.72. The van der Waals surface area contributed by atoms with Gasteiger partial charge < -0.3 is 14.8 Å². The Hall–Kier alpha value is -3.59. The van der Waals surface area contributed by atoms with E-state index in [1.165, 1.54) is 30.7 Å². The van der Waals surface area contributed by atoms with E-state index in [0.29, 0.717) is 34.6 Å². The molecule has 2 N–H and O–H groups in total. The number of hydrogen-bond acceptors (Lipinski definition) is 6. The molecule has 0 atom stereocenters. The molecule has 0 aliphatic heterocycles. The highest BCUT2D eigenvalue weighted by Gasteiger charge is 2.33. The van der Waals surface area contributed by atoms with Crippen LogP contribution in [0.3, 0.4) is 0 Å². The summed E-state index contributed by atoms with van der Waals surface area (Å²) in [4.78, 5) is 19.3. The third-order valence-corrected chi connectivity index (χ3v) is 5.59. The second kappa shape index (κ2) is 7.83. The van der Waals surface area contributed by atoms with E-state index in [9.17, 15) is 13.9 Å². The van der Waals surface area contributed by atoms with Crippen LogP contribution in [-0.2, 0) is 0 Å². The summed E-state index contributed by atoms with van der Waals surface area (Å²) in [6, 6.07) is 4.09. The average molecular weight is 456 g/mol. The number of nitrogens with one attached hydrogen (secondary N) is 1. The van der Waals surface area contributed by atoms with Crippen LogP contribution >= 0.6 is 11.6 Å². The van der Waals surface area contributed by atoms with Gasteiger partial charge in [-0.05, 0) is 36.6 Å². The lowest BCUT2D eigenvalue weighted by Crippen LogP contribution is -2.35. The Kier molecular flexibility index (Phi) is 4.97. The molecular weight excluding hydrogens is 440 g/mol. The molecule has 10 heteroatoms. The fraction of sp³-hybridized carbons (Fsp3) is 0.182. The predicted molar refractivity (Wildman–Crippen MR) is 114 cm³/mol. The first-order valence-corrected chi connectivity index (χ1v) is 10.1. The molecule has 5 rings (SSSR count). The van der Waals surface area contributed by atoms with Crippen molar-refractivity contribution in [1.82, 2.24) is 24.9 Å². The van der Waals surface area contributed by atoms with Crippen molar-refractivity contribution in [3.8, 4) is 28.5 Å². The third-order valence-electron chi connectivity index (χ3n) is 5.38. The number of aromatic amines is 1. The molecule has 3 aromatic heterocycles. The highest BCUT2D eigenvalue weighted by molar-refractivity contribution is 6.31. The van der Waals surface area contributed by atoms with Gasteiger partial charge in [0.15, 0.2) is 5.65 Å². The Morgan fingerprint density at radius 3 is 2.41 bits per heavy atom. The van der Waals surface area contributed by atoms with Crippen LogP contribution < -0.4 is 4.74 Å². The van der Waals surface area contributed by atoms with Gasteiger partial charge in [-0.1, -0.05) is 18.2 Å². The zero-order valence-electron chi connectivity index (χ0n) is 16.5. The minimum atomic E-state index is -0.796. The highest BCUT2D eigenvalue weighted by Crippen LogP contribution is 2.34. The summed E-state index contributed by atoms with van der Waals surface area (Å²) in [7, 11) is 0. The normalized spacial score (nSPS) is 17.8. The Balaban J connectivity index is 1.37. The minimum Gasteiger partial charge on any atom is -0.513 e. The molecule has 0 spiro atoms. The molecule has 1 aliphatic carbocycles. The number of benzene rings is 1. The van der Waals surface area contributed by atoms with E-state index >= 15 is 0 Å². The Morgan fingerprint density at radius 1 is 1.06 bits per heavy atom. The van der Waals surface area contributed by atoms with Crippen molar-refractivity contribution in [3.63, 3.8) is 0 Å². The monoisotopic (exact) mass is 455 g/mol. The maximum atomic E-state index is 14.9. The van der Waals surface area contributed by atoms with Gasteiger partial charge in [0, 0.05) is 30.1 Å². The van der Waals surface area contributed by atoms with E-state index in [1.807, 2.05) is 0 Å². The van der Waals surface area contributed by atoms with E-state index in [4.69, 9.17) is 16.3 Å². The van der Waals surface area contributed by atoms with Crippen LogP contribution in [0.4, 0.5) is 8.78 Å². The van der Waals surface area contributed by atoms with Crippen LogP contribution in [0.2, 0.25) is 5.02 Å². The molecule has 1 fully saturated rings. The molecule has 1 aliphatic rings. The van der Waals surface area contributed by atoms with Crippen molar-refractivity contribution in [2.75, 3.05) is 0 Å². The Bertz CT molecular complexity index is 1310. The first-order chi connectivity index (χ1) is 15.4. The van der Waals surface area contributed by atoms with Crippen molar-refractivity contribution >= 4 is 22.8 Å². The maximum absolute atomic E-state index is 14.9. The predicted octanol–water partition coefficient (Wildman–Crippen LogP) is 5.24. The Labute approximate surface area is 185 Å². The van der Waals surface area contributed by atoms with Gasteiger partial charge in [0.1, 0.15) is 29.1 Å². The summed E-state index contributed by atoms with van der Waals surface area (Å²) in [6.07, 6.45) is 5.47. The quantitative estimate of drug-likeness (QED) is 0.399. The number of aliphatic hydroxyl groups is 1. The van der Waals surface area contributed by atoms with Crippen LogP contribution in [0.15, 0.2) is 49.1 Å². The van der Waals surface area contributed by atoms with Gasteiger partial charge in [-0.15, -0.1) is 0 Å². The molecule has 3 heterocycles. The summed E-state index contributed by atoms with van der Waals surface area (Å²) >= 11 is 5.90. The summed E-state index contributed by atoms with van der Waals surface area (Å²) in [5.74, 6) is -1.40. The molecule has 0 radical (unpaired) electrons. The van der Waals surface area contributed by atoms with Gasteiger partial charge in [0.2, 0.25) is 0 Å². The van der Waals surface area contributed by atoms with E-state index in [-0.39, 0.29) is 40.7 Å². The molecule has 7 nitrogen and oxygen atoms in total. The number of pyridine rings is 1. The van der Waals surface area contributed by atoms with Crippen LogP contribution in [0.1, 0.15) is 12.8 Å². The van der Waals surface area contributed by atoms with Crippen LogP contribution in [0.5, 0.6) is 6.01 Å². The number of fused-ring (bicyclic) bond motifs is 1. The topological polar surface area (TPSA) is 96.8 Å². The van der Waals surface area contributed by atoms with Crippen molar-refractivity contribution in [3.05, 3.63) is 65.8 Å². The van der Waals surface area contributed by atoms with Gasteiger partial charge in [-0.3, -0.25) is 0 Å². The number of ether oxygens (including phenoxy) is 1. The molecule has 0 bridgehead atoms. The number of hydrogen-bond donors (Lipinski definition) is 2. The lowest BCUT2D eigenvalue weighted by Gasteiger charge is -2.33. The van der Waals surface area contributed by atoms with Gasteiger partial charge in [0.25, 0.3) is 0 Å². The minimum absolute atomic E-state index is 0.0145. The molecule has 32 heavy (non-hydrogen) atoms. The van der Waals surface area contributed by atoms with Gasteiger partial charge in [0.05, 0.1) is 16.3 Å². The van der Waals surface area contributed by atoms with E-state index in [1.54, 1.807) is 6.07 Å². The lowest BCUT2D eigenvalue weighted by molar-refractivity contribution is 0.0539. The number of H-pyrrole nitrogens is 1. The third kappa shape index (κ3) is 3.75. The number of aromatic nitrogens is 5. The Morgan fingerprint density at radius 2 is 1.75 bits per heavy atom. The first-order valence-electron chi connectivity index (χ1n) is 9.75. The van der Waals surface area contributed by atoms with Crippen molar-refractivity contribution in [2.45, 2.75) is 18.9 Å². The molecule has 0 unspecified atom stereocenters. The largest absolute Gasteiger partial charge is 0.513 e. The summed E-state index contributed by atoms with van der Waals surface area (Å²) in [6.45, 7) is 3.51. The first kappa shape index (κ1) is 20.3. The highest BCUT2D eigenvalue weighted by atomic mass is 35.5. The SMILES string of the molecule is C=C(O)[C@H]1C[C@@H](Oc2ncc(-c3cc(F)c(-c4nc5cc(Cl)cnc5[nH]4)c(F)c3)cn2)C1. The number of imidazole rings is 1. The fourth-order valence-corrected chi connectivity index (χ4v) is 3.72. The van der Waals surface area contributed by atoms with E-state index in [0.717, 1.165) is 0 Å². The molecule has 0 saturated heterocycles. The summed E-state index contributed by atoms with van der Waals surface area (Å²) < 4.78 is 35.3. The van der Waals surface area contributed by atoms with Crippen LogP contribution in [0, 0.1) is 17.6 Å². The fourth-order valence-electron chi connectivity index (χ4n) is 3.56. The zero-order chi connectivity index (χ0) is 22.4. The second-order valence-electron chi connectivity index (χ2n) is 7.58. The molecule has 1 saturated carbocycles. The zero-order valence-corrected chi connectivity index (χ0v) is 17.3. The van der Waals surface area contributed by atoms with Crippen molar-refractivity contribution in [2.24, 2.45) is 5.92 Å². The van der Waals surface area contributed by atoms with Crippen molar-refractivity contribution in [1.29, 1.82) is 0 Å². The summed E-state index contributed by atoms with van der Waals surface area (Å²) in [5.41, 5.74) is 1.18. The van der Waals surface area contributed by atoms with Gasteiger partial charge in [-0.25, -0.2) is 28.7 Å². The standard InChI is InChI=1S/C22H16ClF2N5O2/c1-10(31)11-2-15(3-11)32-22-27-7-13(8-28-22)12-4-16(24)19(17(25)5-12)21-29-18-6-14(23)9-26-20(18)30-21/h4-9,11,15,31H,1-3H2,(H,26,29,30)/t11-,15+. The number of rotatable bonds is 5. The number of nitrogens with zero attached hydrogens (tertiary/aromatic N) is 4. The number of aliphatic hydroxyl groups excluding tert-OH is 1. The lowest BCUT2D eigenvalue weighted by atomic mass is 9.81. The van der Waals surface area contributed by atoms with E-state index < -0.39 is 11.6 Å². The molecule has 162 valence electrons. The smallest absolute Gasteiger partial charge is 0.316 e. The van der Waals surface area contributed by atoms with E-state index in [2.05, 4.69) is 31.5 Å². The van der Waals surface area contributed by atoms with Crippen LogP contribution in [-0.4, -0.2) is 36.1 Å². The molecule has 4 aromatic rings. The average Bonchev–Trinajstić information content (AvgIpc) is 3.12. The molecule has 0 amide bonds. The second-order valence-corrected chi connectivity index (χ2v) is 8.01. The maximum Gasteiger partial charge on any atom is 0.316 e. The van der Waals surface area contributed by atoms with Gasteiger partial charge in [-0.2, -0.15) is 0 Å². The number of halogens is 3. The van der Waals surface area contributed by atoms with Crippen LogP contribution in [0.25, 0.3) is 33.7 Å². The molecular formula is C22H16ClF2N5O2. The van der Waals surface area contributed by atoms with Crippen molar-refractivity contribution < 1.29 is 18.6 Å².